The zero-order chi connectivity index (χ0) is 15.9. The number of rotatable bonds is 6. The summed E-state index contributed by atoms with van der Waals surface area (Å²) in [4.78, 5) is 13.8. The quantitative estimate of drug-likeness (QED) is 0.753. The fourth-order valence-electron chi connectivity index (χ4n) is 3.05. The van der Waals surface area contributed by atoms with E-state index in [0.29, 0.717) is 5.56 Å². The number of hydrogen-bond acceptors (Lipinski definition) is 2. The van der Waals surface area contributed by atoms with Crippen molar-refractivity contribution in [2.75, 3.05) is 26.7 Å². The molecule has 0 bridgehead atoms. The van der Waals surface area contributed by atoms with Gasteiger partial charge in [0.1, 0.15) is 5.75 Å². The van der Waals surface area contributed by atoms with Crippen molar-refractivity contribution in [1.29, 1.82) is 0 Å². The molecule has 1 heterocycles. The van der Waals surface area contributed by atoms with Gasteiger partial charge in [-0.3, -0.25) is 4.79 Å². The van der Waals surface area contributed by atoms with E-state index in [0.717, 1.165) is 35.8 Å². The number of methoxy groups -OCH3 is 1. The van der Waals surface area contributed by atoms with E-state index >= 15 is 0 Å². The van der Waals surface area contributed by atoms with Crippen molar-refractivity contribution >= 4 is 21.8 Å². The van der Waals surface area contributed by atoms with Crippen molar-refractivity contribution in [3.05, 3.63) is 28.2 Å². The molecule has 1 fully saturated rings. The van der Waals surface area contributed by atoms with Crippen molar-refractivity contribution in [2.24, 2.45) is 0 Å². The highest BCUT2D eigenvalue weighted by atomic mass is 79.9. The van der Waals surface area contributed by atoms with E-state index in [1.54, 1.807) is 30.2 Å². The van der Waals surface area contributed by atoms with E-state index in [9.17, 15) is 4.79 Å². The van der Waals surface area contributed by atoms with E-state index in [-0.39, 0.29) is 5.91 Å². The highest BCUT2D eigenvalue weighted by molar-refractivity contribution is 9.10. The second-order valence-corrected chi connectivity index (χ2v) is 6.87. The fourth-order valence-corrected chi connectivity index (χ4v) is 3.59. The normalized spacial score (nSPS) is 21.4. The van der Waals surface area contributed by atoms with Gasteiger partial charge in [0.25, 0.3) is 5.91 Å². The Morgan fingerprint density at radius 3 is 2.95 bits per heavy atom. The Morgan fingerprint density at radius 2 is 2.27 bits per heavy atom. The molecule has 0 aromatic heterocycles. The predicted molar refractivity (Wildman–Crippen MR) is 91.7 cm³/mol. The average Bonchev–Trinajstić information content (AvgIpc) is 2.52. The fraction of sp³-hybridized carbons (Fsp3) is 0.588. The van der Waals surface area contributed by atoms with E-state index in [2.05, 4.69) is 28.2 Å². The van der Waals surface area contributed by atoms with E-state index in [1.807, 2.05) is 0 Å². The monoisotopic (exact) mass is 369 g/mol. The molecule has 1 amide bonds. The van der Waals surface area contributed by atoms with Crippen LogP contribution < -0.4 is 15.0 Å². The average molecular weight is 370 g/mol. The molecule has 5 heteroatoms. The first-order chi connectivity index (χ1) is 10.6. The molecule has 1 aromatic carbocycles. The largest absolute Gasteiger partial charge is 0.496 e. The summed E-state index contributed by atoms with van der Waals surface area (Å²) in [7, 11) is 1.61. The smallest absolute Gasteiger partial charge is 0.251 e. The molecule has 2 atom stereocenters. The number of halogens is 1. The van der Waals surface area contributed by atoms with Crippen molar-refractivity contribution in [3.63, 3.8) is 0 Å². The van der Waals surface area contributed by atoms with Crippen LogP contribution in [0.4, 0.5) is 0 Å². The number of benzene rings is 1. The number of carbonyl (C=O) groups excluding carboxylic acids is 1. The lowest BCUT2D eigenvalue weighted by atomic mass is 10.0. The van der Waals surface area contributed by atoms with Crippen LogP contribution in [0.3, 0.4) is 0 Å². The maximum Gasteiger partial charge on any atom is 0.251 e. The standard InChI is InChI=1S/C17H25BrN2O2/c1-13-6-3-4-10-20(13)11-5-9-19-17(21)14-7-8-16(22-2)15(18)12-14/h7-8,12-13H,3-6,9-11H2,1-2H3,(H,19,21)/p+1/t13-/m0/s1. The van der Waals surface area contributed by atoms with Gasteiger partial charge in [-0.25, -0.2) is 0 Å². The van der Waals surface area contributed by atoms with Crippen LogP contribution in [-0.4, -0.2) is 38.7 Å². The van der Waals surface area contributed by atoms with Gasteiger partial charge in [-0.15, -0.1) is 0 Å². The maximum absolute atomic E-state index is 12.1. The predicted octanol–water partition coefficient (Wildman–Crippen LogP) is 2.03. The molecule has 1 saturated heterocycles. The lowest BCUT2D eigenvalue weighted by molar-refractivity contribution is -0.928. The minimum Gasteiger partial charge on any atom is -0.496 e. The van der Waals surface area contributed by atoms with Crippen LogP contribution in [0.15, 0.2) is 22.7 Å². The summed E-state index contributed by atoms with van der Waals surface area (Å²) in [5.41, 5.74) is 0.659. The van der Waals surface area contributed by atoms with Crippen LogP contribution in [-0.2, 0) is 0 Å². The summed E-state index contributed by atoms with van der Waals surface area (Å²) in [5.74, 6) is 0.712. The van der Waals surface area contributed by atoms with Crippen LogP contribution in [0.5, 0.6) is 5.75 Å². The molecule has 2 N–H and O–H groups in total. The summed E-state index contributed by atoms with van der Waals surface area (Å²) in [6, 6.07) is 6.16. The second-order valence-electron chi connectivity index (χ2n) is 6.01. The molecule has 22 heavy (non-hydrogen) atoms. The maximum atomic E-state index is 12.1. The number of carbonyl (C=O) groups is 1. The number of piperidine rings is 1. The van der Waals surface area contributed by atoms with E-state index < -0.39 is 0 Å². The number of likely N-dealkylation sites (tertiary alicyclic amines) is 1. The molecule has 0 radical (unpaired) electrons. The topological polar surface area (TPSA) is 42.8 Å². The molecule has 1 aromatic rings. The molecule has 1 aliphatic rings. The number of ether oxygens (including phenoxy) is 1. The summed E-state index contributed by atoms with van der Waals surface area (Å²) >= 11 is 3.41. The lowest BCUT2D eigenvalue weighted by Gasteiger charge is -2.30. The lowest BCUT2D eigenvalue weighted by Crippen LogP contribution is -3.16. The summed E-state index contributed by atoms with van der Waals surface area (Å²) < 4.78 is 5.97. The van der Waals surface area contributed by atoms with Gasteiger partial charge in [0.15, 0.2) is 0 Å². The summed E-state index contributed by atoms with van der Waals surface area (Å²) in [6.07, 6.45) is 5.07. The van der Waals surface area contributed by atoms with Crippen LogP contribution in [0.1, 0.15) is 43.0 Å². The Bertz CT molecular complexity index is 507. The van der Waals surface area contributed by atoms with E-state index in [4.69, 9.17) is 4.74 Å². The molecule has 1 aliphatic heterocycles. The Balaban J connectivity index is 1.74. The van der Waals surface area contributed by atoms with Gasteiger partial charge in [-0.2, -0.15) is 0 Å². The minimum atomic E-state index is -0.0231. The van der Waals surface area contributed by atoms with Gasteiger partial charge in [0.05, 0.1) is 30.7 Å². The number of nitrogens with one attached hydrogen (secondary N) is 2. The molecule has 2 rings (SSSR count). The third-order valence-electron chi connectivity index (χ3n) is 4.46. The van der Waals surface area contributed by atoms with Gasteiger partial charge >= 0.3 is 0 Å². The summed E-state index contributed by atoms with van der Waals surface area (Å²) in [5, 5.41) is 3.00. The van der Waals surface area contributed by atoms with Crippen molar-refractivity contribution < 1.29 is 14.4 Å². The Morgan fingerprint density at radius 1 is 1.45 bits per heavy atom. The van der Waals surface area contributed by atoms with Gasteiger partial charge in [0.2, 0.25) is 0 Å². The molecule has 0 aliphatic carbocycles. The summed E-state index contributed by atoms with van der Waals surface area (Å²) in [6.45, 7) is 5.49. The van der Waals surface area contributed by atoms with Crippen LogP contribution in [0.2, 0.25) is 0 Å². The molecule has 4 nitrogen and oxygen atoms in total. The van der Waals surface area contributed by atoms with E-state index in [1.165, 1.54) is 25.8 Å². The van der Waals surface area contributed by atoms with Crippen molar-refractivity contribution in [3.8, 4) is 5.75 Å². The third kappa shape index (κ3) is 4.71. The Hall–Kier alpha value is -1.07. The molecule has 1 unspecified atom stereocenters. The zero-order valence-electron chi connectivity index (χ0n) is 13.5. The Kier molecular flexibility index (Phi) is 6.70. The Labute approximate surface area is 141 Å². The van der Waals surface area contributed by atoms with Gasteiger partial charge in [-0.1, -0.05) is 0 Å². The third-order valence-corrected chi connectivity index (χ3v) is 5.08. The van der Waals surface area contributed by atoms with Crippen molar-refractivity contribution in [1.82, 2.24) is 5.32 Å². The first kappa shape index (κ1) is 17.3. The SMILES string of the molecule is COc1ccc(C(=O)NCCC[NH+]2CCCC[C@@H]2C)cc1Br. The molecule has 0 saturated carbocycles. The van der Waals surface area contributed by atoms with Crippen LogP contribution in [0, 0.1) is 0 Å². The highest BCUT2D eigenvalue weighted by Gasteiger charge is 2.20. The number of amides is 1. The number of quaternary nitrogens is 1. The first-order valence-corrected chi connectivity index (χ1v) is 8.87. The molecular weight excluding hydrogens is 344 g/mol. The molecule has 122 valence electrons. The van der Waals surface area contributed by atoms with Gasteiger partial charge in [-0.05, 0) is 60.3 Å². The molecular formula is C17H26BrN2O2+. The first-order valence-electron chi connectivity index (χ1n) is 8.08. The molecule has 0 spiro atoms. The van der Waals surface area contributed by atoms with Crippen molar-refractivity contribution in [2.45, 2.75) is 38.6 Å². The van der Waals surface area contributed by atoms with Gasteiger partial charge in [0, 0.05) is 18.5 Å². The number of hydrogen-bond donors (Lipinski definition) is 2. The second kappa shape index (κ2) is 8.53. The highest BCUT2D eigenvalue weighted by Crippen LogP contribution is 2.25. The van der Waals surface area contributed by atoms with Gasteiger partial charge < -0.3 is 15.0 Å². The minimum absolute atomic E-state index is 0.0231. The van der Waals surface area contributed by atoms with Crippen LogP contribution >= 0.6 is 15.9 Å². The van der Waals surface area contributed by atoms with Crippen LogP contribution in [0.25, 0.3) is 0 Å². The zero-order valence-corrected chi connectivity index (χ0v) is 15.0.